The van der Waals surface area contributed by atoms with E-state index in [1.54, 1.807) is 24.6 Å². The summed E-state index contributed by atoms with van der Waals surface area (Å²) in [6.45, 7) is 6.50. The van der Waals surface area contributed by atoms with E-state index in [0.717, 1.165) is 35.7 Å². The summed E-state index contributed by atoms with van der Waals surface area (Å²) in [7, 11) is 0. The zero-order valence-corrected chi connectivity index (χ0v) is 16.3. The number of amides is 1. The highest BCUT2D eigenvalue weighted by molar-refractivity contribution is 7.18. The largest absolute Gasteiger partial charge is 0.355 e. The molecule has 1 aromatic carbocycles. The van der Waals surface area contributed by atoms with Crippen LogP contribution in [-0.4, -0.2) is 40.4 Å². The fourth-order valence-electron chi connectivity index (χ4n) is 4.83. The molecule has 27 heavy (non-hydrogen) atoms. The van der Waals surface area contributed by atoms with Gasteiger partial charge >= 0.3 is 0 Å². The molecule has 6 heteroatoms. The SMILES string of the molecule is CC(=O)N1C[C@H]2CN(c3ncnc4sc(C)cc34)C[C@H]2[C@@H]1c1ccccc1. The molecule has 5 rings (SSSR count). The number of likely N-dealkylation sites (tertiary alicyclic amines) is 1. The predicted molar refractivity (Wildman–Crippen MR) is 108 cm³/mol. The van der Waals surface area contributed by atoms with Crippen molar-refractivity contribution >= 4 is 33.3 Å². The van der Waals surface area contributed by atoms with E-state index in [9.17, 15) is 4.79 Å². The van der Waals surface area contributed by atoms with Crippen LogP contribution >= 0.6 is 11.3 Å². The van der Waals surface area contributed by atoms with Crippen LogP contribution in [-0.2, 0) is 4.79 Å². The van der Waals surface area contributed by atoms with Gasteiger partial charge in [0.15, 0.2) is 0 Å². The summed E-state index contributed by atoms with van der Waals surface area (Å²) in [5, 5.41) is 1.15. The first-order valence-electron chi connectivity index (χ1n) is 9.40. The Morgan fingerprint density at radius 3 is 2.74 bits per heavy atom. The molecular formula is C21H22N4OS. The molecule has 0 spiro atoms. The number of hydrogen-bond acceptors (Lipinski definition) is 5. The molecule has 0 radical (unpaired) electrons. The highest BCUT2D eigenvalue weighted by Gasteiger charge is 2.48. The summed E-state index contributed by atoms with van der Waals surface area (Å²) in [4.78, 5) is 28.1. The molecule has 2 aromatic heterocycles. The van der Waals surface area contributed by atoms with Gasteiger partial charge in [-0.25, -0.2) is 9.97 Å². The number of thiophene rings is 1. The van der Waals surface area contributed by atoms with E-state index >= 15 is 0 Å². The van der Waals surface area contributed by atoms with Crippen molar-refractivity contribution in [1.29, 1.82) is 0 Å². The summed E-state index contributed by atoms with van der Waals surface area (Å²) in [5.74, 6) is 2.12. The Morgan fingerprint density at radius 1 is 1.15 bits per heavy atom. The van der Waals surface area contributed by atoms with Gasteiger partial charge in [-0.2, -0.15) is 0 Å². The van der Waals surface area contributed by atoms with Crippen LogP contribution in [0.1, 0.15) is 23.4 Å². The topological polar surface area (TPSA) is 49.3 Å². The maximum atomic E-state index is 12.3. The lowest BCUT2D eigenvalue weighted by Crippen LogP contribution is -2.34. The monoisotopic (exact) mass is 378 g/mol. The summed E-state index contributed by atoms with van der Waals surface area (Å²) >= 11 is 1.72. The van der Waals surface area contributed by atoms with Gasteiger partial charge in [0.25, 0.3) is 0 Å². The lowest BCUT2D eigenvalue weighted by Gasteiger charge is -2.29. The molecule has 5 nitrogen and oxygen atoms in total. The van der Waals surface area contributed by atoms with Gasteiger partial charge in [-0.3, -0.25) is 4.79 Å². The molecule has 0 saturated carbocycles. The van der Waals surface area contributed by atoms with Crippen LogP contribution in [0.4, 0.5) is 5.82 Å². The fourth-order valence-corrected chi connectivity index (χ4v) is 5.68. The fraction of sp³-hybridized carbons (Fsp3) is 0.381. The van der Waals surface area contributed by atoms with E-state index < -0.39 is 0 Å². The van der Waals surface area contributed by atoms with Crippen molar-refractivity contribution in [2.45, 2.75) is 19.9 Å². The molecule has 3 aromatic rings. The summed E-state index contributed by atoms with van der Waals surface area (Å²) in [6, 6.07) is 12.8. The Labute approximate surface area is 162 Å². The minimum Gasteiger partial charge on any atom is -0.355 e. The third kappa shape index (κ3) is 2.70. The first-order valence-corrected chi connectivity index (χ1v) is 10.2. The maximum Gasteiger partial charge on any atom is 0.219 e. The molecule has 2 fully saturated rings. The summed E-state index contributed by atoms with van der Waals surface area (Å²) in [6.07, 6.45) is 1.68. The average Bonchev–Trinajstić information content (AvgIpc) is 3.32. The maximum absolute atomic E-state index is 12.3. The molecule has 0 aliphatic carbocycles. The minimum atomic E-state index is 0.153. The van der Waals surface area contributed by atoms with Gasteiger partial charge in [0, 0.05) is 43.3 Å². The van der Waals surface area contributed by atoms with Crippen LogP contribution in [0.25, 0.3) is 10.2 Å². The third-order valence-corrected chi connectivity index (χ3v) is 6.90. The van der Waals surface area contributed by atoms with Gasteiger partial charge < -0.3 is 9.80 Å². The van der Waals surface area contributed by atoms with Gasteiger partial charge in [-0.05, 0) is 18.6 Å². The van der Waals surface area contributed by atoms with E-state index in [1.807, 2.05) is 6.07 Å². The van der Waals surface area contributed by atoms with E-state index in [4.69, 9.17) is 0 Å². The van der Waals surface area contributed by atoms with Gasteiger partial charge in [0.2, 0.25) is 5.91 Å². The zero-order chi connectivity index (χ0) is 18.5. The Hall–Kier alpha value is -2.47. The van der Waals surface area contributed by atoms with Gasteiger partial charge in [0.1, 0.15) is 17.0 Å². The van der Waals surface area contributed by atoms with Gasteiger partial charge in [0.05, 0.1) is 11.4 Å². The van der Waals surface area contributed by atoms with Crippen LogP contribution in [0, 0.1) is 18.8 Å². The molecule has 2 aliphatic heterocycles. The number of anilines is 1. The average molecular weight is 379 g/mol. The lowest BCUT2D eigenvalue weighted by molar-refractivity contribution is -0.130. The molecule has 2 saturated heterocycles. The number of fused-ring (bicyclic) bond motifs is 2. The van der Waals surface area contributed by atoms with Crippen LogP contribution in [0.3, 0.4) is 0 Å². The third-order valence-electron chi connectivity index (χ3n) is 5.94. The standard InChI is InChI=1S/C21H22N4OS/c1-13-8-17-20(22-12-23-21(17)27-13)24-9-16-10-25(14(2)26)19(18(16)11-24)15-6-4-3-5-7-15/h3-8,12,16,18-19H,9-11H2,1-2H3/t16-,18-,19+/m1/s1. The molecule has 0 N–H and O–H groups in total. The van der Waals surface area contributed by atoms with Crippen molar-refractivity contribution in [1.82, 2.24) is 14.9 Å². The Balaban J connectivity index is 1.50. The highest BCUT2D eigenvalue weighted by Crippen LogP contribution is 2.46. The molecule has 1 amide bonds. The first kappa shape index (κ1) is 16.7. The molecule has 2 aliphatic rings. The predicted octanol–water partition coefficient (Wildman–Crippen LogP) is 3.66. The molecule has 0 unspecified atom stereocenters. The van der Waals surface area contributed by atoms with Crippen LogP contribution in [0.2, 0.25) is 0 Å². The number of rotatable bonds is 2. The Bertz CT molecular complexity index is 1000. The van der Waals surface area contributed by atoms with E-state index in [2.05, 4.69) is 57.0 Å². The van der Waals surface area contributed by atoms with E-state index in [-0.39, 0.29) is 11.9 Å². The summed E-state index contributed by atoms with van der Waals surface area (Å²) in [5.41, 5.74) is 1.24. The highest BCUT2D eigenvalue weighted by atomic mass is 32.1. The number of carbonyl (C=O) groups excluding carboxylic acids is 1. The van der Waals surface area contributed by atoms with Crippen LogP contribution in [0.5, 0.6) is 0 Å². The van der Waals surface area contributed by atoms with Gasteiger partial charge in [-0.15, -0.1) is 11.3 Å². The van der Waals surface area contributed by atoms with Crippen molar-refractivity contribution in [2.75, 3.05) is 24.5 Å². The molecule has 138 valence electrons. The second kappa shape index (κ2) is 6.30. The normalized spacial score (nSPS) is 24.6. The molecule has 3 atom stereocenters. The van der Waals surface area contributed by atoms with Crippen LogP contribution < -0.4 is 4.90 Å². The van der Waals surface area contributed by atoms with Crippen molar-refractivity contribution in [3.8, 4) is 0 Å². The minimum absolute atomic E-state index is 0.153. The van der Waals surface area contributed by atoms with Crippen molar-refractivity contribution in [2.24, 2.45) is 11.8 Å². The quantitative estimate of drug-likeness (QED) is 0.683. The Morgan fingerprint density at radius 2 is 1.96 bits per heavy atom. The van der Waals surface area contributed by atoms with Crippen molar-refractivity contribution in [3.05, 3.63) is 53.2 Å². The molecule has 4 heterocycles. The molecular weight excluding hydrogens is 356 g/mol. The number of benzene rings is 1. The Kier molecular flexibility index (Phi) is 3.90. The smallest absolute Gasteiger partial charge is 0.219 e. The second-order valence-electron chi connectivity index (χ2n) is 7.63. The second-order valence-corrected chi connectivity index (χ2v) is 8.86. The van der Waals surface area contributed by atoms with Crippen LogP contribution in [0.15, 0.2) is 42.7 Å². The summed E-state index contributed by atoms with van der Waals surface area (Å²) < 4.78 is 0. The van der Waals surface area contributed by atoms with Crippen molar-refractivity contribution < 1.29 is 4.79 Å². The van der Waals surface area contributed by atoms with E-state index in [1.165, 1.54) is 10.4 Å². The lowest BCUT2D eigenvalue weighted by atomic mass is 9.89. The number of aryl methyl sites for hydroxylation is 1. The number of aromatic nitrogens is 2. The first-order chi connectivity index (χ1) is 13.1. The zero-order valence-electron chi connectivity index (χ0n) is 15.5. The molecule has 0 bridgehead atoms. The van der Waals surface area contributed by atoms with E-state index in [0.29, 0.717) is 11.8 Å². The van der Waals surface area contributed by atoms with Gasteiger partial charge in [-0.1, -0.05) is 30.3 Å². The number of nitrogens with zero attached hydrogens (tertiary/aromatic N) is 4. The number of hydrogen-bond donors (Lipinski definition) is 0. The van der Waals surface area contributed by atoms with Crippen molar-refractivity contribution in [3.63, 3.8) is 0 Å². The number of carbonyl (C=O) groups is 1.